The van der Waals surface area contributed by atoms with Gasteiger partial charge in [0.05, 0.1) is 6.54 Å². The first-order valence-corrected chi connectivity index (χ1v) is 11.8. The van der Waals surface area contributed by atoms with Crippen LogP contribution in [0.3, 0.4) is 0 Å². The van der Waals surface area contributed by atoms with E-state index in [1.54, 1.807) is 0 Å². The molecule has 2 aliphatic rings. The maximum atomic E-state index is 12.4. The summed E-state index contributed by atoms with van der Waals surface area (Å²) in [5.74, 6) is 2.29. The lowest BCUT2D eigenvalue weighted by Crippen LogP contribution is -2.52. The van der Waals surface area contributed by atoms with Crippen molar-refractivity contribution in [2.75, 3.05) is 42.9 Å². The van der Waals surface area contributed by atoms with Crippen LogP contribution in [0.15, 0.2) is 53.7 Å². The Labute approximate surface area is 190 Å². The van der Waals surface area contributed by atoms with Gasteiger partial charge in [-0.1, -0.05) is 31.0 Å². The Hall–Kier alpha value is -3.09. The highest BCUT2D eigenvalue weighted by Gasteiger charge is 2.23. The number of nitrogens with zero attached hydrogens (tertiary/aromatic N) is 4. The SMILES string of the molecule is CCNC(=NCc1cccc(NC(=O)C2CCCC2)c1)N1CCN(c2ccccn2)CC1. The van der Waals surface area contributed by atoms with Gasteiger partial charge < -0.3 is 20.4 Å². The van der Waals surface area contributed by atoms with Crippen molar-refractivity contribution in [2.45, 2.75) is 39.2 Å². The molecule has 1 saturated heterocycles. The van der Waals surface area contributed by atoms with Crippen molar-refractivity contribution in [3.63, 3.8) is 0 Å². The van der Waals surface area contributed by atoms with Crippen LogP contribution in [0.2, 0.25) is 0 Å². The van der Waals surface area contributed by atoms with Crippen molar-refractivity contribution in [3.8, 4) is 0 Å². The van der Waals surface area contributed by atoms with Gasteiger partial charge in [0.1, 0.15) is 5.82 Å². The van der Waals surface area contributed by atoms with Crippen molar-refractivity contribution < 1.29 is 4.79 Å². The highest BCUT2D eigenvalue weighted by atomic mass is 16.1. The molecule has 1 aromatic carbocycles. The second kappa shape index (κ2) is 11.0. The zero-order chi connectivity index (χ0) is 22.2. The molecule has 1 amide bonds. The topological polar surface area (TPSA) is 72.9 Å². The maximum Gasteiger partial charge on any atom is 0.227 e. The number of piperazine rings is 1. The van der Waals surface area contributed by atoms with Crippen molar-refractivity contribution in [1.82, 2.24) is 15.2 Å². The predicted molar refractivity (Wildman–Crippen MR) is 130 cm³/mol. The number of pyridine rings is 1. The third-order valence-electron chi connectivity index (χ3n) is 6.22. The van der Waals surface area contributed by atoms with E-state index in [1.807, 2.05) is 36.5 Å². The summed E-state index contributed by atoms with van der Waals surface area (Å²) in [5, 5.41) is 6.53. The van der Waals surface area contributed by atoms with Crippen LogP contribution in [0.1, 0.15) is 38.2 Å². The number of amides is 1. The highest BCUT2D eigenvalue weighted by Crippen LogP contribution is 2.26. The molecule has 0 unspecified atom stereocenters. The second-order valence-electron chi connectivity index (χ2n) is 8.50. The number of carbonyl (C=O) groups excluding carboxylic acids is 1. The molecule has 2 heterocycles. The number of benzene rings is 1. The van der Waals surface area contributed by atoms with Crippen molar-refractivity contribution in [2.24, 2.45) is 10.9 Å². The minimum Gasteiger partial charge on any atom is -0.357 e. The Morgan fingerprint density at radius 1 is 1.09 bits per heavy atom. The van der Waals surface area contributed by atoms with Gasteiger partial charge in [-0.15, -0.1) is 0 Å². The molecule has 1 aliphatic carbocycles. The number of aliphatic imine (C=N–C) groups is 1. The van der Waals surface area contributed by atoms with Crippen molar-refractivity contribution in [3.05, 3.63) is 54.2 Å². The normalized spacial score (nSPS) is 17.5. The largest absolute Gasteiger partial charge is 0.357 e. The molecule has 1 saturated carbocycles. The maximum absolute atomic E-state index is 12.4. The third kappa shape index (κ3) is 5.78. The van der Waals surface area contributed by atoms with Gasteiger partial charge in [-0.05, 0) is 49.6 Å². The molecular formula is C25H34N6O. The zero-order valence-corrected chi connectivity index (χ0v) is 19.0. The molecule has 4 rings (SSSR count). The van der Waals surface area contributed by atoms with Gasteiger partial charge >= 0.3 is 0 Å². The number of anilines is 2. The Balaban J connectivity index is 1.35. The lowest BCUT2D eigenvalue weighted by atomic mass is 10.1. The van der Waals surface area contributed by atoms with E-state index >= 15 is 0 Å². The molecule has 170 valence electrons. The monoisotopic (exact) mass is 434 g/mol. The number of rotatable bonds is 6. The summed E-state index contributed by atoms with van der Waals surface area (Å²) < 4.78 is 0. The van der Waals surface area contributed by atoms with Gasteiger partial charge in [-0.3, -0.25) is 4.79 Å². The minimum atomic E-state index is 0.155. The van der Waals surface area contributed by atoms with Gasteiger partial charge in [0.15, 0.2) is 5.96 Å². The molecule has 2 fully saturated rings. The van der Waals surface area contributed by atoms with E-state index < -0.39 is 0 Å². The van der Waals surface area contributed by atoms with E-state index in [1.165, 1.54) is 0 Å². The van der Waals surface area contributed by atoms with Crippen LogP contribution in [-0.2, 0) is 11.3 Å². The number of nitrogens with one attached hydrogen (secondary N) is 2. The summed E-state index contributed by atoms with van der Waals surface area (Å²) in [4.78, 5) is 26.4. The van der Waals surface area contributed by atoms with Crippen LogP contribution in [0.5, 0.6) is 0 Å². The Morgan fingerprint density at radius 3 is 2.62 bits per heavy atom. The van der Waals surface area contributed by atoms with Crippen molar-refractivity contribution in [1.29, 1.82) is 0 Å². The fraction of sp³-hybridized carbons (Fsp3) is 0.480. The molecule has 32 heavy (non-hydrogen) atoms. The van der Waals surface area contributed by atoms with Gasteiger partial charge in [-0.2, -0.15) is 0 Å². The van der Waals surface area contributed by atoms with E-state index in [0.29, 0.717) is 6.54 Å². The van der Waals surface area contributed by atoms with Crippen LogP contribution in [-0.4, -0.2) is 54.5 Å². The van der Waals surface area contributed by atoms with E-state index in [-0.39, 0.29) is 11.8 Å². The molecule has 0 bridgehead atoms. The number of hydrogen-bond donors (Lipinski definition) is 2. The minimum absolute atomic E-state index is 0.155. The van der Waals surface area contributed by atoms with Crippen LogP contribution >= 0.6 is 0 Å². The quantitative estimate of drug-likeness (QED) is 0.538. The summed E-state index contributed by atoms with van der Waals surface area (Å²) in [5.41, 5.74) is 1.96. The van der Waals surface area contributed by atoms with Crippen LogP contribution in [0.4, 0.5) is 11.5 Å². The lowest BCUT2D eigenvalue weighted by Gasteiger charge is -2.37. The first-order valence-electron chi connectivity index (χ1n) is 11.8. The Kier molecular flexibility index (Phi) is 7.59. The van der Waals surface area contributed by atoms with Crippen LogP contribution < -0.4 is 15.5 Å². The second-order valence-corrected chi connectivity index (χ2v) is 8.50. The average Bonchev–Trinajstić information content (AvgIpc) is 3.38. The summed E-state index contributed by atoms with van der Waals surface area (Å²) >= 11 is 0. The smallest absolute Gasteiger partial charge is 0.227 e. The number of aromatic nitrogens is 1. The first kappa shape index (κ1) is 22.1. The molecular weight excluding hydrogens is 400 g/mol. The van der Waals surface area contributed by atoms with E-state index in [4.69, 9.17) is 4.99 Å². The van der Waals surface area contributed by atoms with Crippen LogP contribution in [0, 0.1) is 5.92 Å². The van der Waals surface area contributed by atoms with Gasteiger partial charge in [0, 0.05) is 50.5 Å². The highest BCUT2D eigenvalue weighted by molar-refractivity contribution is 5.92. The third-order valence-corrected chi connectivity index (χ3v) is 6.22. The first-order chi connectivity index (χ1) is 15.7. The fourth-order valence-electron chi connectivity index (χ4n) is 4.46. The summed E-state index contributed by atoms with van der Waals surface area (Å²) in [6, 6.07) is 14.1. The predicted octanol–water partition coefficient (Wildman–Crippen LogP) is 3.50. The Bertz CT molecular complexity index is 902. The lowest BCUT2D eigenvalue weighted by molar-refractivity contribution is -0.119. The molecule has 0 radical (unpaired) electrons. The number of guanidine groups is 1. The summed E-state index contributed by atoms with van der Waals surface area (Å²) in [7, 11) is 0. The molecule has 1 aliphatic heterocycles. The van der Waals surface area contributed by atoms with E-state index in [0.717, 1.165) is 81.4 Å². The summed E-state index contributed by atoms with van der Waals surface area (Å²) in [6.07, 6.45) is 6.19. The van der Waals surface area contributed by atoms with E-state index in [2.05, 4.69) is 44.5 Å². The molecule has 1 aromatic heterocycles. The molecule has 0 atom stereocenters. The van der Waals surface area contributed by atoms with E-state index in [9.17, 15) is 4.79 Å². The molecule has 2 N–H and O–H groups in total. The number of hydrogen-bond acceptors (Lipinski definition) is 4. The fourth-order valence-corrected chi connectivity index (χ4v) is 4.46. The zero-order valence-electron chi connectivity index (χ0n) is 19.0. The molecule has 7 heteroatoms. The van der Waals surface area contributed by atoms with Crippen LogP contribution in [0.25, 0.3) is 0 Å². The standard InChI is InChI=1S/C25H34N6O/c1-2-26-25(31-16-14-30(15-17-31)23-12-5-6-13-27-23)28-19-20-8-7-11-22(18-20)29-24(32)21-9-3-4-10-21/h5-8,11-13,18,21H,2-4,9-10,14-17,19H2,1H3,(H,26,28)(H,29,32). The molecule has 2 aromatic rings. The summed E-state index contributed by atoms with van der Waals surface area (Å²) in [6.45, 7) is 7.15. The van der Waals surface area contributed by atoms with Gasteiger partial charge in [0.2, 0.25) is 5.91 Å². The Morgan fingerprint density at radius 2 is 1.91 bits per heavy atom. The van der Waals surface area contributed by atoms with Crippen molar-refractivity contribution >= 4 is 23.4 Å². The molecule has 0 spiro atoms. The van der Waals surface area contributed by atoms with Gasteiger partial charge in [0.25, 0.3) is 0 Å². The number of carbonyl (C=O) groups is 1. The van der Waals surface area contributed by atoms with Gasteiger partial charge in [-0.25, -0.2) is 9.98 Å². The molecule has 7 nitrogen and oxygen atoms in total. The average molecular weight is 435 g/mol.